The maximum absolute atomic E-state index is 5.79. The molecule has 1 saturated carbocycles. The Morgan fingerprint density at radius 3 is 2.68 bits per heavy atom. The Kier molecular flexibility index (Phi) is 6.33. The van der Waals surface area contributed by atoms with Crippen molar-refractivity contribution in [3.05, 3.63) is 20.8 Å². The van der Waals surface area contributed by atoms with Crippen LogP contribution < -0.4 is 11.3 Å². The van der Waals surface area contributed by atoms with E-state index in [1.54, 1.807) is 0 Å². The largest absolute Gasteiger partial charge is 0.271 e. The fourth-order valence-electron chi connectivity index (χ4n) is 3.33. The molecule has 3 N–H and O–H groups in total. The van der Waals surface area contributed by atoms with Gasteiger partial charge in [-0.3, -0.25) is 11.3 Å². The van der Waals surface area contributed by atoms with Crippen LogP contribution in [0.1, 0.15) is 50.3 Å². The molecule has 0 bridgehead atoms. The molecule has 0 aliphatic heterocycles. The zero-order valence-electron chi connectivity index (χ0n) is 11.7. The van der Waals surface area contributed by atoms with E-state index in [1.807, 2.05) is 11.3 Å². The standard InChI is InChI=1S/C15H25BrN2S/c1-2-3-11-4-6-12(7-5-11)15(18-17)9-14-8-13(16)10-19-14/h8,10-12,15,18H,2-7,9,17H2,1H3. The van der Waals surface area contributed by atoms with E-state index in [1.165, 1.54) is 47.9 Å². The van der Waals surface area contributed by atoms with Crippen LogP contribution >= 0.6 is 27.3 Å². The first-order chi connectivity index (χ1) is 9.22. The van der Waals surface area contributed by atoms with Gasteiger partial charge in [-0.25, -0.2) is 0 Å². The predicted molar refractivity (Wildman–Crippen MR) is 87.2 cm³/mol. The zero-order valence-corrected chi connectivity index (χ0v) is 14.1. The second-order valence-corrected chi connectivity index (χ2v) is 7.69. The first-order valence-corrected chi connectivity index (χ1v) is 9.09. The molecule has 2 nitrogen and oxygen atoms in total. The Morgan fingerprint density at radius 2 is 2.16 bits per heavy atom. The van der Waals surface area contributed by atoms with Crippen LogP contribution in [0.4, 0.5) is 0 Å². The summed E-state index contributed by atoms with van der Waals surface area (Å²) in [5, 5.41) is 2.15. The maximum Gasteiger partial charge on any atom is 0.0287 e. The van der Waals surface area contributed by atoms with Crippen LogP contribution in [0, 0.1) is 11.8 Å². The summed E-state index contributed by atoms with van der Waals surface area (Å²) in [6.07, 6.45) is 9.27. The van der Waals surface area contributed by atoms with Gasteiger partial charge in [-0.1, -0.05) is 32.6 Å². The summed E-state index contributed by atoms with van der Waals surface area (Å²) in [6.45, 7) is 2.30. The van der Waals surface area contributed by atoms with Crippen molar-refractivity contribution in [1.29, 1.82) is 0 Å². The predicted octanol–water partition coefficient (Wildman–Crippen LogP) is 4.49. The second kappa shape index (κ2) is 7.77. The van der Waals surface area contributed by atoms with E-state index < -0.39 is 0 Å². The molecule has 1 unspecified atom stereocenters. The van der Waals surface area contributed by atoms with Crippen LogP contribution in [0.15, 0.2) is 15.9 Å². The lowest BCUT2D eigenvalue weighted by Gasteiger charge is -2.33. The topological polar surface area (TPSA) is 38.0 Å². The van der Waals surface area contributed by atoms with Gasteiger partial charge in [0.05, 0.1) is 0 Å². The first-order valence-electron chi connectivity index (χ1n) is 7.42. The van der Waals surface area contributed by atoms with Gasteiger partial charge in [-0.2, -0.15) is 0 Å². The van der Waals surface area contributed by atoms with Crippen LogP contribution in [0.5, 0.6) is 0 Å². The van der Waals surface area contributed by atoms with E-state index in [2.05, 4.69) is 39.7 Å². The van der Waals surface area contributed by atoms with Crippen LogP contribution in [-0.4, -0.2) is 6.04 Å². The van der Waals surface area contributed by atoms with Gasteiger partial charge in [-0.15, -0.1) is 11.3 Å². The fraction of sp³-hybridized carbons (Fsp3) is 0.733. The van der Waals surface area contributed by atoms with Crippen molar-refractivity contribution >= 4 is 27.3 Å². The Balaban J connectivity index is 1.85. The molecule has 0 saturated heterocycles. The third-order valence-corrected chi connectivity index (χ3v) is 6.13. The molecule has 19 heavy (non-hydrogen) atoms. The molecular weight excluding hydrogens is 320 g/mol. The molecule has 2 rings (SSSR count). The molecule has 108 valence electrons. The molecule has 1 aliphatic rings. The smallest absolute Gasteiger partial charge is 0.0287 e. The van der Waals surface area contributed by atoms with Gasteiger partial charge in [0.1, 0.15) is 0 Å². The lowest BCUT2D eigenvalue weighted by atomic mass is 9.76. The SMILES string of the molecule is CCCC1CCC(C(Cc2cc(Br)cs2)NN)CC1. The van der Waals surface area contributed by atoms with E-state index in [9.17, 15) is 0 Å². The molecule has 4 heteroatoms. The van der Waals surface area contributed by atoms with E-state index in [0.29, 0.717) is 6.04 Å². The number of thiophene rings is 1. The molecular formula is C15H25BrN2S. The minimum absolute atomic E-state index is 0.438. The Bertz CT molecular complexity index is 372. The molecule has 1 aromatic rings. The van der Waals surface area contributed by atoms with Crippen molar-refractivity contribution in [2.75, 3.05) is 0 Å². The number of nitrogens with one attached hydrogen (secondary N) is 1. The lowest BCUT2D eigenvalue weighted by molar-refractivity contribution is 0.213. The van der Waals surface area contributed by atoms with Gasteiger partial charge >= 0.3 is 0 Å². The van der Waals surface area contributed by atoms with Crippen LogP contribution in [0.25, 0.3) is 0 Å². The minimum Gasteiger partial charge on any atom is -0.271 e. The van der Waals surface area contributed by atoms with Crippen molar-refractivity contribution in [2.45, 2.75) is 57.9 Å². The molecule has 0 spiro atoms. The Morgan fingerprint density at radius 1 is 1.42 bits per heavy atom. The lowest BCUT2D eigenvalue weighted by Crippen LogP contribution is -2.43. The monoisotopic (exact) mass is 344 g/mol. The van der Waals surface area contributed by atoms with Gasteiger partial charge in [0.2, 0.25) is 0 Å². The average Bonchev–Trinajstić information content (AvgIpc) is 2.83. The first kappa shape index (κ1) is 15.5. The molecule has 1 heterocycles. The molecule has 0 aromatic carbocycles. The summed E-state index contributed by atoms with van der Waals surface area (Å²) in [5.74, 6) is 7.51. The van der Waals surface area contributed by atoms with Crippen LogP contribution in [0.2, 0.25) is 0 Å². The van der Waals surface area contributed by atoms with E-state index in [0.717, 1.165) is 18.3 Å². The fourth-order valence-corrected chi connectivity index (χ4v) is 4.84. The molecule has 0 radical (unpaired) electrons. The molecule has 1 fully saturated rings. The number of halogens is 1. The van der Waals surface area contributed by atoms with E-state index in [-0.39, 0.29) is 0 Å². The normalized spacial score (nSPS) is 25.4. The van der Waals surface area contributed by atoms with Crippen molar-refractivity contribution in [1.82, 2.24) is 5.43 Å². The minimum atomic E-state index is 0.438. The van der Waals surface area contributed by atoms with Crippen molar-refractivity contribution < 1.29 is 0 Å². The number of nitrogens with two attached hydrogens (primary N) is 1. The van der Waals surface area contributed by atoms with Crippen molar-refractivity contribution in [2.24, 2.45) is 17.7 Å². The third kappa shape index (κ3) is 4.55. The number of hydrazine groups is 1. The van der Waals surface area contributed by atoms with Crippen molar-refractivity contribution in [3.8, 4) is 0 Å². The summed E-state index contributed by atoms with van der Waals surface area (Å²) < 4.78 is 1.19. The molecule has 1 aromatic heterocycles. The summed E-state index contributed by atoms with van der Waals surface area (Å²) in [7, 11) is 0. The van der Waals surface area contributed by atoms with Crippen LogP contribution in [-0.2, 0) is 6.42 Å². The highest BCUT2D eigenvalue weighted by Crippen LogP contribution is 2.34. The van der Waals surface area contributed by atoms with Crippen LogP contribution in [0.3, 0.4) is 0 Å². The molecule has 1 aliphatic carbocycles. The van der Waals surface area contributed by atoms with Gasteiger partial charge in [0.15, 0.2) is 0 Å². The van der Waals surface area contributed by atoms with E-state index >= 15 is 0 Å². The highest BCUT2D eigenvalue weighted by Gasteiger charge is 2.27. The molecule has 1 atom stereocenters. The average molecular weight is 345 g/mol. The van der Waals surface area contributed by atoms with Gasteiger partial charge in [0, 0.05) is 20.8 Å². The van der Waals surface area contributed by atoms with Gasteiger partial charge in [0.25, 0.3) is 0 Å². The highest BCUT2D eigenvalue weighted by molar-refractivity contribution is 9.10. The summed E-state index contributed by atoms with van der Waals surface area (Å²) in [4.78, 5) is 1.42. The summed E-state index contributed by atoms with van der Waals surface area (Å²) in [5.41, 5.74) is 3.07. The second-order valence-electron chi connectivity index (χ2n) is 5.78. The quantitative estimate of drug-likeness (QED) is 0.589. The number of hydrogen-bond donors (Lipinski definition) is 2. The summed E-state index contributed by atoms with van der Waals surface area (Å²) in [6, 6.07) is 2.66. The van der Waals surface area contributed by atoms with Gasteiger partial charge in [-0.05, 0) is 53.1 Å². The maximum atomic E-state index is 5.79. The molecule has 0 amide bonds. The number of hydrogen-bond acceptors (Lipinski definition) is 3. The zero-order chi connectivity index (χ0) is 13.7. The highest BCUT2D eigenvalue weighted by atomic mass is 79.9. The Labute approximate surface area is 129 Å². The number of rotatable bonds is 6. The van der Waals surface area contributed by atoms with Gasteiger partial charge < -0.3 is 0 Å². The van der Waals surface area contributed by atoms with Crippen molar-refractivity contribution in [3.63, 3.8) is 0 Å². The summed E-state index contributed by atoms with van der Waals surface area (Å²) >= 11 is 5.35. The van der Waals surface area contributed by atoms with E-state index in [4.69, 9.17) is 5.84 Å². The Hall–Kier alpha value is 0.1000. The third-order valence-electron chi connectivity index (χ3n) is 4.41.